The summed E-state index contributed by atoms with van der Waals surface area (Å²) in [4.78, 5) is 6.91. The maximum absolute atomic E-state index is 5.95. The van der Waals surface area contributed by atoms with Crippen LogP contribution >= 0.6 is 0 Å². The van der Waals surface area contributed by atoms with Crippen molar-refractivity contribution in [1.29, 1.82) is 0 Å². The molecule has 0 bridgehead atoms. The standard InChI is InChI=1S/C22H24N2O3/c1-4-6-13-24(15-18-10-9-14-26-18)16-20-17(3)27-22(23-20)19-11-7-8-12-21(19)25-5-2/h7-12,14H,5,13,15-16H2,1-3H3. The first-order valence-corrected chi connectivity index (χ1v) is 9.04. The number of hydrogen-bond donors (Lipinski definition) is 0. The second-order valence-electron chi connectivity index (χ2n) is 6.10. The van der Waals surface area contributed by atoms with Crippen molar-refractivity contribution in [2.24, 2.45) is 0 Å². The van der Waals surface area contributed by atoms with Crippen LogP contribution in [0.25, 0.3) is 11.5 Å². The van der Waals surface area contributed by atoms with Crippen LogP contribution in [0.4, 0.5) is 0 Å². The number of aryl methyl sites for hydroxylation is 1. The Hall–Kier alpha value is -2.97. The van der Waals surface area contributed by atoms with Gasteiger partial charge < -0.3 is 13.6 Å². The fraction of sp³-hybridized carbons (Fsp3) is 0.318. The summed E-state index contributed by atoms with van der Waals surface area (Å²) in [5.74, 6) is 9.11. The van der Waals surface area contributed by atoms with Crippen molar-refractivity contribution in [2.45, 2.75) is 33.9 Å². The lowest BCUT2D eigenvalue weighted by molar-refractivity contribution is 0.260. The highest BCUT2D eigenvalue weighted by Gasteiger charge is 2.18. The molecular formula is C22H24N2O3. The second-order valence-corrected chi connectivity index (χ2v) is 6.10. The number of oxazole rings is 1. The Kier molecular flexibility index (Phi) is 6.35. The van der Waals surface area contributed by atoms with E-state index >= 15 is 0 Å². The molecule has 0 atom stereocenters. The predicted octanol–water partition coefficient (Wildman–Crippen LogP) is 4.67. The molecule has 0 aliphatic heterocycles. The Morgan fingerprint density at radius 3 is 2.74 bits per heavy atom. The van der Waals surface area contributed by atoms with E-state index in [1.54, 1.807) is 6.26 Å². The van der Waals surface area contributed by atoms with E-state index in [2.05, 4.69) is 16.7 Å². The molecule has 0 amide bonds. The number of aromatic nitrogens is 1. The SMILES string of the molecule is CC#CCN(Cc1ccco1)Cc1nc(-c2ccccc2OCC)oc1C. The Balaban J connectivity index is 1.83. The predicted molar refractivity (Wildman–Crippen MR) is 104 cm³/mol. The van der Waals surface area contributed by atoms with Gasteiger partial charge in [0.25, 0.3) is 0 Å². The first kappa shape index (κ1) is 18.8. The van der Waals surface area contributed by atoms with Crippen LogP contribution in [0.3, 0.4) is 0 Å². The highest BCUT2D eigenvalue weighted by Crippen LogP contribution is 2.31. The molecule has 2 heterocycles. The number of rotatable bonds is 8. The number of para-hydroxylation sites is 1. The van der Waals surface area contributed by atoms with Gasteiger partial charge in [0.2, 0.25) is 5.89 Å². The molecule has 0 saturated carbocycles. The van der Waals surface area contributed by atoms with Gasteiger partial charge in [0, 0.05) is 6.54 Å². The zero-order valence-corrected chi connectivity index (χ0v) is 16.0. The Morgan fingerprint density at radius 2 is 2.00 bits per heavy atom. The number of furan rings is 1. The van der Waals surface area contributed by atoms with Crippen LogP contribution in [0.1, 0.15) is 31.1 Å². The van der Waals surface area contributed by atoms with E-state index < -0.39 is 0 Å². The van der Waals surface area contributed by atoms with Crippen molar-refractivity contribution in [3.8, 4) is 29.0 Å². The van der Waals surface area contributed by atoms with Gasteiger partial charge in [0.1, 0.15) is 17.3 Å². The maximum Gasteiger partial charge on any atom is 0.230 e. The summed E-state index contributed by atoms with van der Waals surface area (Å²) in [6, 6.07) is 11.6. The molecule has 0 unspecified atom stereocenters. The van der Waals surface area contributed by atoms with Crippen molar-refractivity contribution in [3.05, 3.63) is 59.9 Å². The van der Waals surface area contributed by atoms with E-state index in [9.17, 15) is 0 Å². The molecule has 0 radical (unpaired) electrons. The van der Waals surface area contributed by atoms with Crippen LogP contribution < -0.4 is 4.74 Å². The van der Waals surface area contributed by atoms with Crippen molar-refractivity contribution in [1.82, 2.24) is 9.88 Å². The molecule has 5 heteroatoms. The molecular weight excluding hydrogens is 340 g/mol. The lowest BCUT2D eigenvalue weighted by Crippen LogP contribution is -2.23. The Bertz CT molecular complexity index is 917. The van der Waals surface area contributed by atoms with E-state index in [-0.39, 0.29) is 0 Å². The van der Waals surface area contributed by atoms with Gasteiger partial charge in [0.15, 0.2) is 0 Å². The molecule has 1 aromatic carbocycles. The molecule has 2 aromatic heterocycles. The minimum atomic E-state index is 0.575. The van der Waals surface area contributed by atoms with Gasteiger partial charge >= 0.3 is 0 Å². The van der Waals surface area contributed by atoms with Crippen molar-refractivity contribution < 1.29 is 13.6 Å². The molecule has 5 nitrogen and oxygen atoms in total. The van der Waals surface area contributed by atoms with E-state index in [4.69, 9.17) is 18.6 Å². The summed E-state index contributed by atoms with van der Waals surface area (Å²) in [7, 11) is 0. The number of benzene rings is 1. The largest absolute Gasteiger partial charge is 0.493 e. The van der Waals surface area contributed by atoms with E-state index in [1.165, 1.54) is 0 Å². The second kappa shape index (κ2) is 9.11. The Morgan fingerprint density at radius 1 is 1.15 bits per heavy atom. The van der Waals surface area contributed by atoms with Gasteiger partial charge in [-0.1, -0.05) is 18.1 Å². The highest BCUT2D eigenvalue weighted by molar-refractivity contribution is 5.63. The van der Waals surface area contributed by atoms with E-state index in [0.717, 1.165) is 28.5 Å². The molecule has 0 saturated heterocycles. The van der Waals surface area contributed by atoms with E-state index in [0.29, 0.717) is 32.1 Å². The van der Waals surface area contributed by atoms with Crippen LogP contribution in [-0.4, -0.2) is 23.0 Å². The summed E-state index contributed by atoms with van der Waals surface area (Å²) in [5, 5.41) is 0. The van der Waals surface area contributed by atoms with Gasteiger partial charge in [-0.3, -0.25) is 4.90 Å². The molecule has 0 spiro atoms. The average molecular weight is 364 g/mol. The maximum atomic E-state index is 5.95. The first-order chi connectivity index (χ1) is 13.2. The quantitative estimate of drug-likeness (QED) is 0.544. The Labute approximate surface area is 160 Å². The fourth-order valence-electron chi connectivity index (χ4n) is 2.81. The monoisotopic (exact) mass is 364 g/mol. The third kappa shape index (κ3) is 4.81. The molecule has 0 fully saturated rings. The number of nitrogens with zero attached hydrogens (tertiary/aromatic N) is 2. The van der Waals surface area contributed by atoms with Crippen LogP contribution in [-0.2, 0) is 13.1 Å². The van der Waals surface area contributed by atoms with Gasteiger partial charge in [-0.25, -0.2) is 4.98 Å². The first-order valence-electron chi connectivity index (χ1n) is 9.04. The summed E-state index contributed by atoms with van der Waals surface area (Å²) >= 11 is 0. The lowest BCUT2D eigenvalue weighted by atomic mass is 10.2. The molecule has 3 rings (SSSR count). The van der Waals surface area contributed by atoms with Crippen LogP contribution in [0.15, 0.2) is 51.5 Å². The summed E-state index contributed by atoms with van der Waals surface area (Å²) in [6.07, 6.45) is 1.68. The molecule has 0 aliphatic rings. The minimum Gasteiger partial charge on any atom is -0.493 e. The van der Waals surface area contributed by atoms with Crippen molar-refractivity contribution in [3.63, 3.8) is 0 Å². The van der Waals surface area contributed by atoms with Crippen LogP contribution in [0.5, 0.6) is 5.75 Å². The molecule has 3 aromatic rings. The van der Waals surface area contributed by atoms with Gasteiger partial charge in [-0.15, -0.1) is 5.92 Å². The van der Waals surface area contributed by atoms with Gasteiger partial charge in [0.05, 0.1) is 37.2 Å². The zero-order valence-electron chi connectivity index (χ0n) is 16.0. The van der Waals surface area contributed by atoms with Gasteiger partial charge in [-0.2, -0.15) is 0 Å². The minimum absolute atomic E-state index is 0.575. The third-order valence-electron chi connectivity index (χ3n) is 4.12. The van der Waals surface area contributed by atoms with Crippen LogP contribution in [0.2, 0.25) is 0 Å². The summed E-state index contributed by atoms with van der Waals surface area (Å²) < 4.78 is 17.1. The highest BCUT2D eigenvalue weighted by atomic mass is 16.5. The third-order valence-corrected chi connectivity index (χ3v) is 4.12. The van der Waals surface area contributed by atoms with E-state index in [1.807, 2.05) is 57.2 Å². The molecule has 0 aliphatic carbocycles. The van der Waals surface area contributed by atoms with Crippen LogP contribution in [0, 0.1) is 18.8 Å². The normalized spacial score (nSPS) is 10.7. The summed E-state index contributed by atoms with van der Waals surface area (Å²) in [5.41, 5.74) is 1.75. The summed E-state index contributed by atoms with van der Waals surface area (Å²) in [6.45, 7) is 8.26. The van der Waals surface area contributed by atoms with Crippen molar-refractivity contribution >= 4 is 0 Å². The molecule has 27 heavy (non-hydrogen) atoms. The molecule has 0 N–H and O–H groups in total. The van der Waals surface area contributed by atoms with Gasteiger partial charge in [-0.05, 0) is 45.0 Å². The topological polar surface area (TPSA) is 51.6 Å². The number of hydrogen-bond acceptors (Lipinski definition) is 5. The van der Waals surface area contributed by atoms with Crippen molar-refractivity contribution in [2.75, 3.05) is 13.2 Å². The number of ether oxygens (including phenoxy) is 1. The lowest BCUT2D eigenvalue weighted by Gasteiger charge is -2.17. The smallest absolute Gasteiger partial charge is 0.230 e. The average Bonchev–Trinajstić information content (AvgIpc) is 3.30. The zero-order chi connectivity index (χ0) is 19.1. The fourth-order valence-corrected chi connectivity index (χ4v) is 2.81. The molecule has 140 valence electrons.